The van der Waals surface area contributed by atoms with Crippen LogP contribution >= 0.6 is 0 Å². The maximum absolute atomic E-state index is 11.0. The molecule has 0 spiro atoms. The van der Waals surface area contributed by atoms with Gasteiger partial charge in [0.15, 0.2) is 0 Å². The molecule has 1 rings (SSSR count). The second-order valence-electron chi connectivity index (χ2n) is 7.07. The third-order valence-corrected chi connectivity index (χ3v) is 4.70. The normalized spacial score (nSPS) is 17.6. The SMILES string of the molecule is CCCCCCCCC#CC#CC1OC1CCCCCCCC(=O)OC. The number of carbonyl (C=O) groups is 1. The summed E-state index contributed by atoms with van der Waals surface area (Å²) in [6.07, 6.45) is 16.4. The van der Waals surface area contributed by atoms with Crippen LogP contribution in [0.1, 0.15) is 96.8 Å². The van der Waals surface area contributed by atoms with Gasteiger partial charge in [-0.05, 0) is 31.1 Å². The van der Waals surface area contributed by atoms with Crippen molar-refractivity contribution in [2.24, 2.45) is 0 Å². The Balaban J connectivity index is 1.90. The molecule has 1 aliphatic heterocycles. The first-order chi connectivity index (χ1) is 12.8. The Morgan fingerprint density at radius 2 is 1.62 bits per heavy atom. The molecule has 0 radical (unpaired) electrons. The van der Waals surface area contributed by atoms with E-state index < -0.39 is 0 Å². The van der Waals surface area contributed by atoms with Crippen LogP contribution in [0, 0.1) is 23.7 Å². The minimum Gasteiger partial charge on any atom is -0.469 e. The summed E-state index contributed by atoms with van der Waals surface area (Å²) < 4.78 is 10.2. The summed E-state index contributed by atoms with van der Waals surface area (Å²) in [5, 5.41) is 0. The van der Waals surface area contributed by atoms with Crippen LogP contribution in [0.5, 0.6) is 0 Å². The number of methoxy groups -OCH3 is 1. The summed E-state index contributed by atoms with van der Waals surface area (Å²) in [5.41, 5.74) is 0. The van der Waals surface area contributed by atoms with Crippen LogP contribution in [0.2, 0.25) is 0 Å². The first kappa shape index (κ1) is 22.6. The number of carbonyl (C=O) groups excluding carboxylic acids is 1. The largest absolute Gasteiger partial charge is 0.469 e. The topological polar surface area (TPSA) is 38.8 Å². The third-order valence-electron chi connectivity index (χ3n) is 4.70. The van der Waals surface area contributed by atoms with Gasteiger partial charge in [0.25, 0.3) is 0 Å². The van der Waals surface area contributed by atoms with E-state index in [9.17, 15) is 4.79 Å². The number of hydrogen-bond donors (Lipinski definition) is 0. The minimum absolute atomic E-state index is 0.104. The van der Waals surface area contributed by atoms with Gasteiger partial charge in [-0.3, -0.25) is 4.79 Å². The summed E-state index contributed by atoms with van der Waals surface area (Å²) in [6.45, 7) is 2.24. The van der Waals surface area contributed by atoms with E-state index in [1.54, 1.807) is 0 Å². The van der Waals surface area contributed by atoms with Crippen LogP contribution in [-0.2, 0) is 14.3 Å². The number of esters is 1. The molecule has 3 nitrogen and oxygen atoms in total. The Hall–Kier alpha value is -1.45. The van der Waals surface area contributed by atoms with E-state index in [2.05, 4.69) is 35.3 Å². The van der Waals surface area contributed by atoms with Gasteiger partial charge >= 0.3 is 5.97 Å². The van der Waals surface area contributed by atoms with E-state index in [0.29, 0.717) is 12.5 Å². The van der Waals surface area contributed by atoms with E-state index >= 15 is 0 Å². The monoisotopic (exact) mass is 360 g/mol. The van der Waals surface area contributed by atoms with Gasteiger partial charge < -0.3 is 9.47 Å². The standard InChI is InChI=1S/C23H36O3/c1-3-4-5-6-7-8-9-10-12-15-18-21-22(26-21)19-16-13-11-14-17-20-23(24)25-2/h21-22H,3-9,11,13-14,16-17,19-20H2,1-2H3. The maximum atomic E-state index is 11.0. The number of ether oxygens (including phenoxy) is 2. The molecule has 0 aromatic rings. The molecule has 2 atom stereocenters. The molecular formula is C23H36O3. The van der Waals surface area contributed by atoms with Gasteiger partial charge in [-0.1, -0.05) is 76.6 Å². The molecule has 0 amide bonds. The fourth-order valence-corrected chi connectivity index (χ4v) is 2.94. The van der Waals surface area contributed by atoms with E-state index in [-0.39, 0.29) is 12.1 Å². The molecule has 1 heterocycles. The lowest BCUT2D eigenvalue weighted by molar-refractivity contribution is -0.140. The summed E-state index contributed by atoms with van der Waals surface area (Å²) in [4.78, 5) is 11.0. The van der Waals surface area contributed by atoms with Crippen LogP contribution in [0.3, 0.4) is 0 Å². The minimum atomic E-state index is -0.104. The van der Waals surface area contributed by atoms with Crippen molar-refractivity contribution >= 4 is 5.97 Å². The zero-order valence-electron chi connectivity index (χ0n) is 16.8. The molecule has 1 fully saturated rings. The Labute approximate surface area is 160 Å². The van der Waals surface area contributed by atoms with Crippen LogP contribution in [0.4, 0.5) is 0 Å². The highest BCUT2D eigenvalue weighted by molar-refractivity contribution is 5.68. The Bertz CT molecular complexity index is 489. The predicted molar refractivity (Wildman–Crippen MR) is 107 cm³/mol. The maximum Gasteiger partial charge on any atom is 0.305 e. The molecular weight excluding hydrogens is 324 g/mol. The van der Waals surface area contributed by atoms with E-state index in [0.717, 1.165) is 25.7 Å². The van der Waals surface area contributed by atoms with Crippen LogP contribution < -0.4 is 0 Å². The molecule has 1 saturated heterocycles. The smallest absolute Gasteiger partial charge is 0.305 e. The van der Waals surface area contributed by atoms with E-state index in [4.69, 9.17) is 4.74 Å². The molecule has 0 aliphatic carbocycles. The molecule has 0 saturated carbocycles. The second kappa shape index (κ2) is 15.8. The number of hydrogen-bond acceptors (Lipinski definition) is 3. The summed E-state index contributed by atoms with van der Waals surface area (Å²) in [6, 6.07) is 0. The predicted octanol–water partition coefficient (Wildman–Crippen LogP) is 5.41. The van der Waals surface area contributed by atoms with Gasteiger partial charge in [0.05, 0.1) is 13.2 Å². The molecule has 0 aromatic carbocycles. The van der Waals surface area contributed by atoms with Crippen molar-refractivity contribution in [3.8, 4) is 23.7 Å². The summed E-state index contributed by atoms with van der Waals surface area (Å²) in [7, 11) is 1.44. The Morgan fingerprint density at radius 3 is 2.38 bits per heavy atom. The van der Waals surface area contributed by atoms with Crippen molar-refractivity contribution in [1.82, 2.24) is 0 Å². The van der Waals surface area contributed by atoms with Crippen molar-refractivity contribution < 1.29 is 14.3 Å². The molecule has 26 heavy (non-hydrogen) atoms. The van der Waals surface area contributed by atoms with Gasteiger partial charge in [-0.15, -0.1) is 0 Å². The van der Waals surface area contributed by atoms with Gasteiger partial charge in [0, 0.05) is 12.8 Å². The quantitative estimate of drug-likeness (QED) is 0.180. The third kappa shape index (κ3) is 12.8. The lowest BCUT2D eigenvalue weighted by atomic mass is 10.1. The van der Waals surface area contributed by atoms with E-state index in [1.165, 1.54) is 64.9 Å². The molecule has 1 aliphatic rings. The van der Waals surface area contributed by atoms with Crippen molar-refractivity contribution in [3.05, 3.63) is 0 Å². The van der Waals surface area contributed by atoms with Gasteiger partial charge in [0.2, 0.25) is 0 Å². The second-order valence-corrected chi connectivity index (χ2v) is 7.07. The average molecular weight is 361 g/mol. The zero-order chi connectivity index (χ0) is 18.9. The van der Waals surface area contributed by atoms with Gasteiger partial charge in [-0.25, -0.2) is 0 Å². The van der Waals surface area contributed by atoms with Crippen LogP contribution in [-0.4, -0.2) is 25.3 Å². The molecule has 146 valence electrons. The van der Waals surface area contributed by atoms with Gasteiger partial charge in [0.1, 0.15) is 6.10 Å². The molecule has 0 bridgehead atoms. The van der Waals surface area contributed by atoms with Crippen LogP contribution in [0.15, 0.2) is 0 Å². The zero-order valence-corrected chi connectivity index (χ0v) is 16.8. The highest BCUT2D eigenvalue weighted by Gasteiger charge is 2.36. The molecule has 3 heteroatoms. The number of unbranched alkanes of at least 4 members (excludes halogenated alkanes) is 10. The van der Waals surface area contributed by atoms with Crippen molar-refractivity contribution in [1.29, 1.82) is 0 Å². The van der Waals surface area contributed by atoms with Crippen molar-refractivity contribution in [3.63, 3.8) is 0 Å². The van der Waals surface area contributed by atoms with E-state index in [1.807, 2.05) is 0 Å². The number of epoxide rings is 1. The Kier molecular flexibility index (Phi) is 13.7. The van der Waals surface area contributed by atoms with Gasteiger partial charge in [-0.2, -0.15) is 0 Å². The lowest BCUT2D eigenvalue weighted by Crippen LogP contribution is -1.99. The first-order valence-corrected chi connectivity index (χ1v) is 10.5. The van der Waals surface area contributed by atoms with Crippen molar-refractivity contribution in [2.75, 3.05) is 7.11 Å². The highest BCUT2D eigenvalue weighted by Crippen LogP contribution is 2.26. The first-order valence-electron chi connectivity index (χ1n) is 10.5. The molecule has 0 N–H and O–H groups in total. The van der Waals surface area contributed by atoms with Crippen molar-refractivity contribution in [2.45, 2.75) is 109 Å². The molecule has 2 unspecified atom stereocenters. The number of rotatable bonds is 14. The van der Waals surface area contributed by atoms with Crippen LogP contribution in [0.25, 0.3) is 0 Å². The summed E-state index contributed by atoms with van der Waals surface area (Å²) in [5.74, 6) is 12.0. The fourth-order valence-electron chi connectivity index (χ4n) is 2.94. The Morgan fingerprint density at radius 1 is 0.923 bits per heavy atom. The molecule has 0 aromatic heterocycles. The summed E-state index contributed by atoms with van der Waals surface area (Å²) >= 11 is 0. The highest BCUT2D eigenvalue weighted by atomic mass is 16.6. The lowest BCUT2D eigenvalue weighted by Gasteiger charge is -2.00. The fraction of sp³-hybridized carbons (Fsp3) is 0.783. The average Bonchev–Trinajstić information content (AvgIpc) is 3.40.